The molecule has 1 aliphatic rings. The Balaban J connectivity index is 2.24. The number of carbonyl (C=O) groups excluding carboxylic acids is 2. The topological polar surface area (TPSA) is 75.4 Å². The average Bonchev–Trinajstić information content (AvgIpc) is 2.17. The Kier molecular flexibility index (Phi) is 4.55. The van der Waals surface area contributed by atoms with E-state index in [0.29, 0.717) is 19.0 Å². The summed E-state index contributed by atoms with van der Waals surface area (Å²) in [5.74, 6) is -0.168. The first-order valence-electron chi connectivity index (χ1n) is 5.37. The average molecular weight is 213 g/mol. The van der Waals surface area contributed by atoms with Gasteiger partial charge >= 0.3 is 0 Å². The third-order valence-electron chi connectivity index (χ3n) is 2.67. The van der Waals surface area contributed by atoms with Crippen molar-refractivity contribution in [2.24, 2.45) is 5.73 Å². The highest BCUT2D eigenvalue weighted by molar-refractivity contribution is 5.74. The number of carbonyl (C=O) groups is 2. The number of likely N-dealkylation sites (tertiary alicyclic amines) is 1. The molecule has 0 aromatic heterocycles. The summed E-state index contributed by atoms with van der Waals surface area (Å²) in [6.45, 7) is 3.79. The normalized spacial score (nSPS) is 21.4. The van der Waals surface area contributed by atoms with Crippen molar-refractivity contribution < 1.29 is 9.59 Å². The van der Waals surface area contributed by atoms with Crippen LogP contribution in [0.1, 0.15) is 26.2 Å². The van der Waals surface area contributed by atoms with Gasteiger partial charge in [0.1, 0.15) is 0 Å². The van der Waals surface area contributed by atoms with Crippen LogP contribution in [0.4, 0.5) is 0 Å². The predicted octanol–water partition coefficient (Wildman–Crippen LogP) is -0.538. The second kappa shape index (κ2) is 5.70. The lowest BCUT2D eigenvalue weighted by Gasteiger charge is -2.32. The number of nitrogens with one attached hydrogen (secondary N) is 1. The zero-order valence-electron chi connectivity index (χ0n) is 9.16. The summed E-state index contributed by atoms with van der Waals surface area (Å²) in [4.78, 5) is 23.5. The summed E-state index contributed by atoms with van der Waals surface area (Å²) in [6, 6.07) is 0.307. The van der Waals surface area contributed by atoms with E-state index in [1.807, 2.05) is 4.90 Å². The molecule has 86 valence electrons. The molecular weight excluding hydrogens is 194 g/mol. The molecule has 0 radical (unpaired) electrons. The Morgan fingerprint density at radius 3 is 2.87 bits per heavy atom. The number of hydrogen-bond donors (Lipinski definition) is 2. The first-order valence-corrected chi connectivity index (χ1v) is 5.37. The van der Waals surface area contributed by atoms with Gasteiger partial charge in [-0.3, -0.25) is 9.59 Å². The van der Waals surface area contributed by atoms with Crippen LogP contribution in [0.15, 0.2) is 0 Å². The van der Waals surface area contributed by atoms with Crippen molar-refractivity contribution in [2.75, 3.05) is 19.6 Å². The lowest BCUT2D eigenvalue weighted by molar-refractivity contribution is -0.130. The smallest absolute Gasteiger partial charge is 0.219 e. The predicted molar refractivity (Wildman–Crippen MR) is 57.1 cm³/mol. The summed E-state index contributed by atoms with van der Waals surface area (Å²) >= 11 is 0. The van der Waals surface area contributed by atoms with Gasteiger partial charge in [-0.1, -0.05) is 0 Å². The quantitative estimate of drug-likeness (QED) is 0.658. The summed E-state index contributed by atoms with van der Waals surface area (Å²) in [7, 11) is 0. The molecule has 1 saturated heterocycles. The van der Waals surface area contributed by atoms with E-state index in [9.17, 15) is 9.59 Å². The number of rotatable bonds is 4. The first kappa shape index (κ1) is 12.0. The second-order valence-corrected chi connectivity index (χ2v) is 3.97. The second-order valence-electron chi connectivity index (χ2n) is 3.97. The standard InChI is InChI=1S/C10H19N3O2/c1-8(14)13-6-2-3-9(7-13)12-5-4-10(11)15/h9,12H,2-7H2,1H3,(H2,11,15). The Morgan fingerprint density at radius 2 is 2.27 bits per heavy atom. The molecule has 1 fully saturated rings. The van der Waals surface area contributed by atoms with E-state index >= 15 is 0 Å². The van der Waals surface area contributed by atoms with Crippen LogP contribution in [0.5, 0.6) is 0 Å². The van der Waals surface area contributed by atoms with Gasteiger partial charge < -0.3 is 16.0 Å². The molecule has 1 unspecified atom stereocenters. The van der Waals surface area contributed by atoms with Crippen LogP contribution < -0.4 is 11.1 Å². The molecule has 1 aliphatic heterocycles. The van der Waals surface area contributed by atoms with E-state index in [1.165, 1.54) is 0 Å². The number of amides is 2. The minimum absolute atomic E-state index is 0.122. The highest BCUT2D eigenvalue weighted by Gasteiger charge is 2.20. The van der Waals surface area contributed by atoms with Gasteiger partial charge in [-0.15, -0.1) is 0 Å². The molecule has 0 bridgehead atoms. The molecule has 1 rings (SSSR count). The summed E-state index contributed by atoms with van der Waals surface area (Å²) in [6.07, 6.45) is 2.44. The summed E-state index contributed by atoms with van der Waals surface area (Å²) < 4.78 is 0. The molecule has 0 aromatic rings. The van der Waals surface area contributed by atoms with Crippen LogP contribution in [-0.4, -0.2) is 42.4 Å². The molecule has 3 N–H and O–H groups in total. The van der Waals surface area contributed by atoms with Gasteiger partial charge in [0.2, 0.25) is 11.8 Å². The number of hydrogen-bond acceptors (Lipinski definition) is 3. The Bertz CT molecular complexity index is 243. The molecular formula is C10H19N3O2. The Hall–Kier alpha value is -1.10. The summed E-state index contributed by atoms with van der Waals surface area (Å²) in [5, 5.41) is 3.24. The fraction of sp³-hybridized carbons (Fsp3) is 0.800. The highest BCUT2D eigenvalue weighted by Crippen LogP contribution is 2.09. The molecule has 2 amide bonds. The van der Waals surface area contributed by atoms with Gasteiger partial charge in [0.05, 0.1) is 0 Å². The Morgan fingerprint density at radius 1 is 1.53 bits per heavy atom. The monoisotopic (exact) mass is 213 g/mol. The molecule has 15 heavy (non-hydrogen) atoms. The van der Waals surface area contributed by atoms with Crippen LogP contribution >= 0.6 is 0 Å². The van der Waals surface area contributed by atoms with Gasteiger partial charge in [-0.05, 0) is 12.8 Å². The van der Waals surface area contributed by atoms with Gasteiger partial charge in [0.15, 0.2) is 0 Å². The fourth-order valence-corrected chi connectivity index (χ4v) is 1.83. The first-order chi connectivity index (χ1) is 7.09. The van der Waals surface area contributed by atoms with E-state index in [2.05, 4.69) is 5.32 Å². The number of nitrogens with zero attached hydrogens (tertiary/aromatic N) is 1. The van der Waals surface area contributed by atoms with Crippen molar-refractivity contribution in [2.45, 2.75) is 32.2 Å². The zero-order valence-corrected chi connectivity index (χ0v) is 9.16. The molecule has 0 aliphatic carbocycles. The van der Waals surface area contributed by atoms with Crippen LogP contribution in [0, 0.1) is 0 Å². The number of nitrogens with two attached hydrogens (primary N) is 1. The third-order valence-corrected chi connectivity index (χ3v) is 2.67. The van der Waals surface area contributed by atoms with E-state index in [4.69, 9.17) is 5.73 Å². The zero-order chi connectivity index (χ0) is 11.3. The van der Waals surface area contributed by atoms with Crippen molar-refractivity contribution in [3.63, 3.8) is 0 Å². The van der Waals surface area contributed by atoms with Crippen LogP contribution in [-0.2, 0) is 9.59 Å². The maximum absolute atomic E-state index is 11.2. The van der Waals surface area contributed by atoms with E-state index < -0.39 is 0 Å². The van der Waals surface area contributed by atoms with Crippen LogP contribution in [0.25, 0.3) is 0 Å². The number of primary amides is 1. The van der Waals surface area contributed by atoms with Gasteiger partial charge in [-0.25, -0.2) is 0 Å². The lowest BCUT2D eigenvalue weighted by atomic mass is 10.1. The molecule has 0 spiro atoms. The van der Waals surface area contributed by atoms with Gasteiger partial charge in [0.25, 0.3) is 0 Å². The van der Waals surface area contributed by atoms with Crippen LogP contribution in [0.2, 0.25) is 0 Å². The lowest BCUT2D eigenvalue weighted by Crippen LogP contribution is -2.47. The maximum atomic E-state index is 11.2. The van der Waals surface area contributed by atoms with Crippen molar-refractivity contribution >= 4 is 11.8 Å². The maximum Gasteiger partial charge on any atom is 0.219 e. The SMILES string of the molecule is CC(=O)N1CCCC(NCCC(N)=O)C1. The molecule has 1 atom stereocenters. The molecule has 5 heteroatoms. The minimum Gasteiger partial charge on any atom is -0.370 e. The summed E-state index contributed by atoms with van der Waals surface area (Å²) in [5.41, 5.74) is 5.04. The number of piperidine rings is 1. The Labute approximate surface area is 90.0 Å². The minimum atomic E-state index is -0.290. The molecule has 0 aromatic carbocycles. The van der Waals surface area contributed by atoms with E-state index in [-0.39, 0.29) is 11.8 Å². The molecule has 5 nitrogen and oxygen atoms in total. The van der Waals surface area contributed by atoms with Gasteiger partial charge in [0, 0.05) is 39.0 Å². The van der Waals surface area contributed by atoms with E-state index in [0.717, 1.165) is 25.9 Å². The van der Waals surface area contributed by atoms with E-state index in [1.54, 1.807) is 6.92 Å². The van der Waals surface area contributed by atoms with Gasteiger partial charge in [-0.2, -0.15) is 0 Å². The molecule has 1 heterocycles. The highest BCUT2D eigenvalue weighted by atomic mass is 16.2. The van der Waals surface area contributed by atoms with Crippen molar-refractivity contribution in [1.29, 1.82) is 0 Å². The largest absolute Gasteiger partial charge is 0.370 e. The third kappa shape index (κ3) is 4.29. The van der Waals surface area contributed by atoms with Crippen LogP contribution in [0.3, 0.4) is 0 Å². The van der Waals surface area contributed by atoms with Crippen molar-refractivity contribution in [3.05, 3.63) is 0 Å². The van der Waals surface area contributed by atoms with Crippen molar-refractivity contribution in [1.82, 2.24) is 10.2 Å². The molecule has 0 saturated carbocycles. The fourth-order valence-electron chi connectivity index (χ4n) is 1.83. The van der Waals surface area contributed by atoms with Crippen molar-refractivity contribution in [3.8, 4) is 0 Å².